The summed E-state index contributed by atoms with van der Waals surface area (Å²) >= 11 is 1.68. The highest BCUT2D eigenvalue weighted by molar-refractivity contribution is 7.15. The molecule has 5 atom stereocenters. The number of aliphatic hydroxyl groups is 2. The lowest BCUT2D eigenvalue weighted by Gasteiger charge is -2.58. The first-order valence-corrected chi connectivity index (χ1v) is 12.9. The standard InChI is InChI=1S/C28H32N2O3S/c1-27-14-13-23(32)28(2,17-31)22(27)16-21-25(30-26(34-21)18-9-5-3-6-10-18)20(27)15-24(33)29-19-11-7-4-8-12-19/h3-12,20,22-23,31-32H,13-17H2,1-2H3,(H,29,33)/t20-,22+,23-,27+,28+/m1/s1. The molecule has 2 aromatic carbocycles. The number of amides is 1. The van der Waals surface area contributed by atoms with Crippen LogP contribution in [0.5, 0.6) is 0 Å². The Morgan fingerprint density at radius 2 is 1.79 bits per heavy atom. The molecule has 5 nitrogen and oxygen atoms in total. The molecule has 1 amide bonds. The van der Waals surface area contributed by atoms with Gasteiger partial charge in [-0.2, -0.15) is 0 Å². The summed E-state index contributed by atoms with van der Waals surface area (Å²) in [4.78, 5) is 19.5. The normalized spacial score (nSPS) is 30.3. The maximum atomic E-state index is 13.2. The molecule has 0 spiro atoms. The van der Waals surface area contributed by atoms with Crippen molar-refractivity contribution in [1.82, 2.24) is 4.98 Å². The molecule has 6 heteroatoms. The first-order valence-electron chi connectivity index (χ1n) is 12.0. The fourth-order valence-electron chi connectivity index (χ4n) is 6.27. The van der Waals surface area contributed by atoms with Crippen LogP contribution in [0.15, 0.2) is 60.7 Å². The van der Waals surface area contributed by atoms with Crippen molar-refractivity contribution in [2.24, 2.45) is 16.7 Å². The van der Waals surface area contributed by atoms with Crippen LogP contribution in [0.1, 0.15) is 49.6 Å². The number of hydrogen-bond acceptors (Lipinski definition) is 5. The zero-order valence-corrected chi connectivity index (χ0v) is 20.5. The Balaban J connectivity index is 1.56. The predicted octanol–water partition coefficient (Wildman–Crippen LogP) is 5.25. The third-order valence-corrected chi connectivity index (χ3v) is 9.50. The maximum absolute atomic E-state index is 13.2. The summed E-state index contributed by atoms with van der Waals surface area (Å²) in [5.74, 6) is -0.0630. The number of rotatable bonds is 5. The minimum Gasteiger partial charge on any atom is -0.396 e. The van der Waals surface area contributed by atoms with Crippen LogP contribution in [0.25, 0.3) is 10.6 Å². The van der Waals surface area contributed by atoms with Crippen molar-refractivity contribution in [3.05, 3.63) is 71.2 Å². The molecule has 1 saturated carbocycles. The number of fused-ring (bicyclic) bond motifs is 2. The zero-order valence-electron chi connectivity index (χ0n) is 19.7. The van der Waals surface area contributed by atoms with Gasteiger partial charge in [0.1, 0.15) is 5.01 Å². The molecular formula is C28H32N2O3S. The molecule has 2 aliphatic carbocycles. The van der Waals surface area contributed by atoms with Crippen LogP contribution in [-0.2, 0) is 11.2 Å². The highest BCUT2D eigenvalue weighted by atomic mass is 32.1. The lowest BCUT2D eigenvalue weighted by Crippen LogP contribution is -2.57. The van der Waals surface area contributed by atoms with Gasteiger partial charge in [-0.3, -0.25) is 4.79 Å². The summed E-state index contributed by atoms with van der Waals surface area (Å²) in [6.45, 7) is 4.17. The van der Waals surface area contributed by atoms with E-state index >= 15 is 0 Å². The Hall–Kier alpha value is -2.54. The summed E-state index contributed by atoms with van der Waals surface area (Å²) in [6, 6.07) is 19.7. The summed E-state index contributed by atoms with van der Waals surface area (Å²) in [6.07, 6.45) is 1.95. The highest BCUT2D eigenvalue weighted by Gasteiger charge is 2.59. The van der Waals surface area contributed by atoms with Gasteiger partial charge < -0.3 is 15.5 Å². The van der Waals surface area contributed by atoms with Crippen molar-refractivity contribution in [3.63, 3.8) is 0 Å². The van der Waals surface area contributed by atoms with Crippen LogP contribution in [0, 0.1) is 16.7 Å². The number of para-hydroxylation sites is 1. The number of nitrogens with zero attached hydrogens (tertiary/aromatic N) is 1. The van der Waals surface area contributed by atoms with Crippen LogP contribution < -0.4 is 5.32 Å². The molecule has 0 bridgehead atoms. The third kappa shape index (κ3) is 3.88. The van der Waals surface area contributed by atoms with Crippen molar-refractivity contribution in [3.8, 4) is 10.6 Å². The van der Waals surface area contributed by atoms with Crippen molar-refractivity contribution >= 4 is 22.9 Å². The van der Waals surface area contributed by atoms with E-state index in [1.54, 1.807) is 11.3 Å². The molecule has 34 heavy (non-hydrogen) atoms. The van der Waals surface area contributed by atoms with E-state index in [0.717, 1.165) is 34.8 Å². The highest BCUT2D eigenvalue weighted by Crippen LogP contribution is 2.62. The number of nitrogens with one attached hydrogen (secondary N) is 1. The largest absolute Gasteiger partial charge is 0.396 e. The minimum absolute atomic E-state index is 0.0323. The van der Waals surface area contributed by atoms with Crippen LogP contribution in [0.3, 0.4) is 0 Å². The van der Waals surface area contributed by atoms with E-state index < -0.39 is 11.5 Å². The van der Waals surface area contributed by atoms with E-state index in [1.165, 1.54) is 4.88 Å². The molecule has 0 aliphatic heterocycles. The SMILES string of the molecule is C[C@]1(CO)[C@H]2Cc3sc(-c4ccccc4)nc3[C@@H](CC(=O)Nc3ccccc3)[C@]2(C)CC[C@H]1O. The quantitative estimate of drug-likeness (QED) is 0.469. The molecule has 3 aromatic rings. The van der Waals surface area contributed by atoms with Crippen LogP contribution in [0.4, 0.5) is 5.69 Å². The Morgan fingerprint density at radius 1 is 1.12 bits per heavy atom. The number of carbonyl (C=O) groups excluding carboxylic acids is 1. The van der Waals surface area contributed by atoms with E-state index in [1.807, 2.05) is 55.5 Å². The van der Waals surface area contributed by atoms with Gasteiger partial charge in [0.2, 0.25) is 5.91 Å². The van der Waals surface area contributed by atoms with E-state index in [9.17, 15) is 15.0 Å². The molecule has 178 valence electrons. The van der Waals surface area contributed by atoms with Gasteiger partial charge in [0.25, 0.3) is 0 Å². The number of hydrogen-bond donors (Lipinski definition) is 3. The summed E-state index contributed by atoms with van der Waals surface area (Å²) < 4.78 is 0. The molecule has 2 aliphatic rings. The van der Waals surface area contributed by atoms with Crippen molar-refractivity contribution in [2.75, 3.05) is 11.9 Å². The maximum Gasteiger partial charge on any atom is 0.225 e. The number of thiazole rings is 1. The van der Waals surface area contributed by atoms with E-state index in [-0.39, 0.29) is 29.8 Å². The van der Waals surface area contributed by atoms with Crippen LogP contribution in [-0.4, -0.2) is 33.8 Å². The van der Waals surface area contributed by atoms with Gasteiger partial charge in [-0.15, -0.1) is 11.3 Å². The summed E-state index contributed by atoms with van der Waals surface area (Å²) in [5, 5.41) is 25.4. The van der Waals surface area contributed by atoms with Gasteiger partial charge in [-0.05, 0) is 42.7 Å². The van der Waals surface area contributed by atoms with E-state index in [0.29, 0.717) is 12.8 Å². The molecule has 1 fully saturated rings. The van der Waals surface area contributed by atoms with Gasteiger partial charge in [0.15, 0.2) is 0 Å². The summed E-state index contributed by atoms with van der Waals surface area (Å²) in [7, 11) is 0. The van der Waals surface area contributed by atoms with Gasteiger partial charge in [0.05, 0.1) is 18.4 Å². The minimum atomic E-state index is -0.615. The Bertz CT molecular complexity index is 1160. The third-order valence-electron chi connectivity index (χ3n) is 8.36. The van der Waals surface area contributed by atoms with Gasteiger partial charge in [0, 0.05) is 33.9 Å². The number of carbonyl (C=O) groups is 1. The second kappa shape index (κ2) is 8.91. The Kier molecular flexibility index (Phi) is 6.09. The Labute approximate surface area is 204 Å². The second-order valence-electron chi connectivity index (χ2n) is 10.3. The monoisotopic (exact) mass is 476 g/mol. The molecule has 5 rings (SSSR count). The lowest BCUT2D eigenvalue weighted by atomic mass is 9.47. The van der Waals surface area contributed by atoms with E-state index in [2.05, 4.69) is 24.4 Å². The van der Waals surface area contributed by atoms with E-state index in [4.69, 9.17) is 4.98 Å². The molecule has 1 heterocycles. The smallest absolute Gasteiger partial charge is 0.225 e. The van der Waals surface area contributed by atoms with Crippen molar-refractivity contribution < 1.29 is 15.0 Å². The van der Waals surface area contributed by atoms with Gasteiger partial charge in [-0.1, -0.05) is 62.4 Å². The molecule has 0 saturated heterocycles. The molecule has 0 unspecified atom stereocenters. The second-order valence-corrected chi connectivity index (χ2v) is 11.4. The molecule has 0 radical (unpaired) electrons. The zero-order chi connectivity index (χ0) is 23.9. The first-order chi connectivity index (χ1) is 16.3. The van der Waals surface area contributed by atoms with Crippen LogP contribution >= 0.6 is 11.3 Å². The van der Waals surface area contributed by atoms with Crippen molar-refractivity contribution in [2.45, 2.75) is 51.6 Å². The van der Waals surface area contributed by atoms with Crippen molar-refractivity contribution in [1.29, 1.82) is 0 Å². The lowest BCUT2D eigenvalue weighted by molar-refractivity contribution is -0.143. The fourth-order valence-corrected chi connectivity index (χ4v) is 7.44. The summed E-state index contributed by atoms with van der Waals surface area (Å²) in [5.41, 5.74) is 2.01. The van der Waals surface area contributed by atoms with Crippen LogP contribution in [0.2, 0.25) is 0 Å². The molecule has 3 N–H and O–H groups in total. The average Bonchev–Trinajstić information content (AvgIpc) is 3.28. The fraction of sp³-hybridized carbons (Fsp3) is 0.429. The first kappa shape index (κ1) is 23.2. The number of aliphatic hydroxyl groups excluding tert-OH is 2. The predicted molar refractivity (Wildman–Crippen MR) is 136 cm³/mol. The average molecular weight is 477 g/mol. The van der Waals surface area contributed by atoms with Gasteiger partial charge >= 0.3 is 0 Å². The molecule has 1 aromatic heterocycles. The van der Waals surface area contributed by atoms with Gasteiger partial charge in [-0.25, -0.2) is 4.98 Å². The molecular weight excluding hydrogens is 444 g/mol. The topological polar surface area (TPSA) is 82.5 Å². The number of benzene rings is 2. The Morgan fingerprint density at radius 3 is 2.47 bits per heavy atom. The number of anilines is 1. The number of aromatic nitrogens is 1.